The molecule has 0 aliphatic carbocycles. The van der Waals surface area contributed by atoms with Crippen LogP contribution < -0.4 is 0 Å². The molecule has 0 aliphatic rings. The van der Waals surface area contributed by atoms with Crippen molar-refractivity contribution in [1.82, 2.24) is 4.90 Å². The molecule has 11 heteroatoms. The van der Waals surface area contributed by atoms with Gasteiger partial charge in [0.05, 0.1) is 26.4 Å². The summed E-state index contributed by atoms with van der Waals surface area (Å²) < 4.78 is 48.1. The first-order valence-electron chi connectivity index (χ1n) is 10.1. The van der Waals surface area contributed by atoms with Crippen LogP contribution in [-0.4, -0.2) is 62.5 Å². The van der Waals surface area contributed by atoms with Gasteiger partial charge in [-0.25, -0.2) is 0 Å². The maximum Gasteiger partial charge on any atom is 0.356 e. The number of rotatable bonds is 16. The monoisotopic (exact) mass is 499 g/mol. The average molecular weight is 500 g/mol. The van der Waals surface area contributed by atoms with Gasteiger partial charge in [-0.3, -0.25) is 9.13 Å². The van der Waals surface area contributed by atoms with E-state index in [1.165, 1.54) is 0 Å². The zero-order valence-electron chi connectivity index (χ0n) is 18.7. The van der Waals surface area contributed by atoms with Crippen LogP contribution in [0.25, 0.3) is 0 Å². The van der Waals surface area contributed by atoms with Crippen molar-refractivity contribution in [1.29, 1.82) is 0 Å². The lowest BCUT2D eigenvalue weighted by molar-refractivity contribution is 0.203. The molecule has 0 saturated carbocycles. The molecule has 0 fully saturated rings. The minimum absolute atomic E-state index is 0.161. The Balaban J connectivity index is 3.16. The molecular weight excluding hydrogens is 464 g/mol. The smallest absolute Gasteiger partial charge is 0.309 e. The predicted molar refractivity (Wildman–Crippen MR) is 127 cm³/mol. The van der Waals surface area contributed by atoms with Crippen LogP contribution in [0.4, 0.5) is 0 Å². The first-order valence-corrected chi connectivity index (χ1v) is 15.1. The minimum atomic E-state index is -3.78. The molecule has 0 heterocycles. The second-order valence-corrected chi connectivity index (χ2v) is 14.0. The second-order valence-electron chi connectivity index (χ2n) is 6.32. The van der Waals surface area contributed by atoms with E-state index in [2.05, 4.69) is 4.90 Å². The molecule has 0 aliphatic heterocycles. The third kappa shape index (κ3) is 8.97. The SMILES string of the molecule is CCOP(=O)(OCC)C(Sc1ccc(SCCN(C)C)cc1)P(=O)(OCC)OCC. The van der Waals surface area contributed by atoms with Gasteiger partial charge in [-0.2, -0.15) is 0 Å². The first kappa shape index (κ1) is 28.2. The Morgan fingerprint density at radius 2 is 1.20 bits per heavy atom. The van der Waals surface area contributed by atoms with Crippen LogP contribution in [0.5, 0.6) is 0 Å². The third-order valence-electron chi connectivity index (χ3n) is 3.65. The van der Waals surface area contributed by atoms with Gasteiger partial charge in [0.2, 0.25) is 4.73 Å². The Hall–Kier alpha value is 0.180. The molecule has 0 aromatic heterocycles. The van der Waals surface area contributed by atoms with Gasteiger partial charge in [0.25, 0.3) is 0 Å². The zero-order valence-corrected chi connectivity index (χ0v) is 22.2. The van der Waals surface area contributed by atoms with Crippen molar-refractivity contribution in [3.8, 4) is 0 Å². The Bertz CT molecular complexity index is 655. The van der Waals surface area contributed by atoms with Crippen LogP contribution in [-0.2, 0) is 27.2 Å². The zero-order chi connectivity index (χ0) is 22.6. The highest BCUT2D eigenvalue weighted by molar-refractivity contribution is 8.12. The molecule has 1 aromatic carbocycles. The Kier molecular flexibility index (Phi) is 13.5. The highest BCUT2D eigenvalue weighted by atomic mass is 32.2. The number of nitrogens with zero attached hydrogens (tertiary/aromatic N) is 1. The predicted octanol–water partition coefficient (Wildman–Crippen LogP) is 6.25. The van der Waals surface area contributed by atoms with Crippen LogP contribution in [0, 0.1) is 0 Å². The maximum atomic E-state index is 13.6. The van der Waals surface area contributed by atoms with Crippen LogP contribution in [0.3, 0.4) is 0 Å². The standard InChI is InChI=1S/C19H35NO6P2S2/c1-7-23-27(21,24-8-2)19(28(22,25-9-3)26-10-4)30-18-13-11-17(12-14-18)29-16-15-20(5)6/h11-14,19H,7-10,15-16H2,1-6H3. The molecule has 1 rings (SSSR count). The highest BCUT2D eigenvalue weighted by Crippen LogP contribution is 2.74. The van der Waals surface area contributed by atoms with Crippen molar-refractivity contribution in [3.05, 3.63) is 24.3 Å². The fourth-order valence-electron chi connectivity index (χ4n) is 2.43. The van der Waals surface area contributed by atoms with Crippen molar-refractivity contribution in [2.45, 2.75) is 42.2 Å². The Morgan fingerprint density at radius 1 is 0.800 bits per heavy atom. The molecule has 0 radical (unpaired) electrons. The fourth-order valence-corrected chi connectivity index (χ4v) is 10.8. The quantitative estimate of drug-likeness (QED) is 0.194. The van der Waals surface area contributed by atoms with E-state index in [9.17, 15) is 9.13 Å². The van der Waals surface area contributed by atoms with Crippen molar-refractivity contribution in [3.63, 3.8) is 0 Å². The average Bonchev–Trinajstić information content (AvgIpc) is 2.67. The summed E-state index contributed by atoms with van der Waals surface area (Å²) in [6, 6.07) is 7.83. The van der Waals surface area contributed by atoms with E-state index in [0.717, 1.165) is 33.9 Å². The maximum absolute atomic E-state index is 13.6. The molecule has 7 nitrogen and oxygen atoms in total. The first-order chi connectivity index (χ1) is 14.2. The van der Waals surface area contributed by atoms with Gasteiger partial charge in [-0.1, -0.05) is 11.8 Å². The van der Waals surface area contributed by atoms with Crippen LogP contribution in [0.15, 0.2) is 34.1 Å². The van der Waals surface area contributed by atoms with Crippen molar-refractivity contribution in [2.24, 2.45) is 0 Å². The molecular formula is C19H35NO6P2S2. The van der Waals surface area contributed by atoms with Gasteiger partial charge in [0, 0.05) is 22.1 Å². The van der Waals surface area contributed by atoms with Gasteiger partial charge in [0.1, 0.15) is 0 Å². The van der Waals surface area contributed by atoms with E-state index in [1.54, 1.807) is 39.5 Å². The van der Waals surface area contributed by atoms with E-state index in [0.29, 0.717) is 0 Å². The molecule has 0 N–H and O–H groups in total. The summed E-state index contributed by atoms with van der Waals surface area (Å²) in [7, 11) is -3.46. The molecule has 0 amide bonds. The molecule has 30 heavy (non-hydrogen) atoms. The molecule has 1 aromatic rings. The summed E-state index contributed by atoms with van der Waals surface area (Å²) in [5.74, 6) is 0.982. The highest BCUT2D eigenvalue weighted by Gasteiger charge is 2.51. The summed E-state index contributed by atoms with van der Waals surface area (Å²) in [5, 5.41) is 0. The third-order valence-corrected chi connectivity index (χ3v) is 12.8. The normalized spacial score (nSPS) is 12.8. The molecule has 0 saturated heterocycles. The van der Waals surface area contributed by atoms with E-state index in [1.807, 2.05) is 38.4 Å². The van der Waals surface area contributed by atoms with Crippen molar-refractivity contribution in [2.75, 3.05) is 52.8 Å². The summed E-state index contributed by atoms with van der Waals surface area (Å²) in [5.41, 5.74) is 0. The summed E-state index contributed by atoms with van der Waals surface area (Å²) in [6.45, 7) is 8.52. The molecule has 0 bridgehead atoms. The number of benzene rings is 1. The van der Waals surface area contributed by atoms with Crippen LogP contribution in [0.1, 0.15) is 27.7 Å². The Morgan fingerprint density at radius 3 is 1.57 bits per heavy atom. The van der Waals surface area contributed by atoms with E-state index < -0.39 is 19.9 Å². The molecule has 0 atom stereocenters. The van der Waals surface area contributed by atoms with Gasteiger partial charge < -0.3 is 23.0 Å². The lowest BCUT2D eigenvalue weighted by Crippen LogP contribution is -2.15. The van der Waals surface area contributed by atoms with Gasteiger partial charge >= 0.3 is 15.2 Å². The number of hydrogen-bond acceptors (Lipinski definition) is 9. The lowest BCUT2D eigenvalue weighted by Gasteiger charge is -2.30. The van der Waals surface area contributed by atoms with Gasteiger partial charge in [-0.05, 0) is 66.1 Å². The second kappa shape index (κ2) is 14.4. The summed E-state index contributed by atoms with van der Waals surface area (Å²) in [4.78, 5) is 4.06. The molecule has 174 valence electrons. The minimum Gasteiger partial charge on any atom is -0.309 e. The van der Waals surface area contributed by atoms with E-state index in [4.69, 9.17) is 18.1 Å². The molecule has 0 spiro atoms. The molecule has 0 unspecified atom stereocenters. The van der Waals surface area contributed by atoms with E-state index >= 15 is 0 Å². The van der Waals surface area contributed by atoms with E-state index in [-0.39, 0.29) is 26.4 Å². The van der Waals surface area contributed by atoms with Gasteiger partial charge in [-0.15, -0.1) is 11.8 Å². The van der Waals surface area contributed by atoms with Gasteiger partial charge in [0.15, 0.2) is 0 Å². The largest absolute Gasteiger partial charge is 0.356 e. The summed E-state index contributed by atoms with van der Waals surface area (Å²) >= 11 is 2.92. The van der Waals surface area contributed by atoms with Crippen LogP contribution >= 0.6 is 38.7 Å². The topological polar surface area (TPSA) is 74.3 Å². The number of thioether (sulfide) groups is 2. The van der Waals surface area contributed by atoms with Crippen LogP contribution in [0.2, 0.25) is 0 Å². The summed E-state index contributed by atoms with van der Waals surface area (Å²) in [6.07, 6.45) is 0. The number of hydrogen-bond donors (Lipinski definition) is 0. The lowest BCUT2D eigenvalue weighted by atomic mass is 10.4. The Labute approximate surface area is 190 Å². The fraction of sp³-hybridized carbons (Fsp3) is 0.684. The van der Waals surface area contributed by atoms with Crippen molar-refractivity contribution < 1.29 is 27.2 Å². The van der Waals surface area contributed by atoms with Crippen molar-refractivity contribution >= 4 is 38.7 Å².